The average molecular weight is 340 g/mol. The Morgan fingerprint density at radius 2 is 2.04 bits per heavy atom. The molecule has 0 aromatic carbocycles. The molecule has 2 aromatic rings. The second kappa shape index (κ2) is 7.74. The van der Waals surface area contributed by atoms with Gasteiger partial charge in [0, 0.05) is 37.9 Å². The lowest BCUT2D eigenvalue weighted by atomic mass is 9.97. The minimum absolute atomic E-state index is 0.134. The van der Waals surface area contributed by atoms with Gasteiger partial charge in [-0.3, -0.25) is 14.8 Å². The zero-order valence-electron chi connectivity index (χ0n) is 14.1. The van der Waals surface area contributed by atoms with Crippen LogP contribution in [0, 0.1) is 0 Å². The lowest BCUT2D eigenvalue weighted by Gasteiger charge is -2.28. The third kappa shape index (κ3) is 3.93. The fourth-order valence-corrected chi connectivity index (χ4v) is 2.94. The molecule has 1 aliphatic rings. The van der Waals surface area contributed by atoms with Crippen LogP contribution >= 0.6 is 0 Å². The first-order chi connectivity index (χ1) is 12.2. The Balaban J connectivity index is 1.65. The van der Waals surface area contributed by atoms with E-state index >= 15 is 0 Å². The van der Waals surface area contributed by atoms with Gasteiger partial charge in [0.2, 0.25) is 0 Å². The van der Waals surface area contributed by atoms with Crippen molar-refractivity contribution in [1.29, 1.82) is 0 Å². The van der Waals surface area contributed by atoms with Crippen LogP contribution in [0.3, 0.4) is 0 Å². The molecule has 0 saturated heterocycles. The van der Waals surface area contributed by atoms with Crippen molar-refractivity contribution in [1.82, 2.24) is 20.2 Å². The number of amides is 2. The first-order valence-corrected chi connectivity index (χ1v) is 8.15. The summed E-state index contributed by atoms with van der Waals surface area (Å²) in [6, 6.07) is 3.86. The maximum Gasteiger partial charge on any atom is 0.409 e. The molecule has 0 bridgehead atoms. The number of aromatic nitrogens is 2. The third-order valence-corrected chi connectivity index (χ3v) is 4.27. The standard InChI is InChI=1S/C18H20N4O3/c1-25-18(24)22-9-5-15-14(12-22)10-20-11-16(15)17(23)21-8-4-13-2-6-19-7-3-13/h2-3,6-7,10-11H,4-5,8-9,12H2,1H3,(H,21,23). The van der Waals surface area contributed by atoms with Gasteiger partial charge in [-0.1, -0.05) is 0 Å². The molecule has 0 spiro atoms. The predicted octanol–water partition coefficient (Wildman–Crippen LogP) is 1.57. The molecule has 1 N–H and O–H groups in total. The van der Waals surface area contributed by atoms with Crippen molar-refractivity contribution >= 4 is 12.0 Å². The number of methoxy groups -OCH3 is 1. The minimum atomic E-state index is -0.363. The predicted molar refractivity (Wildman–Crippen MR) is 91.0 cm³/mol. The van der Waals surface area contributed by atoms with Gasteiger partial charge in [0.25, 0.3) is 5.91 Å². The van der Waals surface area contributed by atoms with Crippen LogP contribution < -0.4 is 5.32 Å². The molecule has 7 heteroatoms. The highest BCUT2D eigenvalue weighted by molar-refractivity contribution is 5.95. The quantitative estimate of drug-likeness (QED) is 0.913. The number of carbonyl (C=O) groups excluding carboxylic acids is 2. The molecular weight excluding hydrogens is 320 g/mol. The van der Waals surface area contributed by atoms with Crippen molar-refractivity contribution in [3.63, 3.8) is 0 Å². The molecule has 25 heavy (non-hydrogen) atoms. The zero-order valence-corrected chi connectivity index (χ0v) is 14.1. The van der Waals surface area contributed by atoms with Gasteiger partial charge >= 0.3 is 6.09 Å². The highest BCUT2D eigenvalue weighted by Gasteiger charge is 2.25. The van der Waals surface area contributed by atoms with Gasteiger partial charge in [0.05, 0.1) is 19.2 Å². The van der Waals surface area contributed by atoms with Gasteiger partial charge < -0.3 is 15.0 Å². The number of ether oxygens (including phenoxy) is 1. The van der Waals surface area contributed by atoms with Gasteiger partial charge in [0.1, 0.15) is 0 Å². The van der Waals surface area contributed by atoms with E-state index in [-0.39, 0.29) is 12.0 Å². The number of hydrogen-bond donors (Lipinski definition) is 1. The number of nitrogens with one attached hydrogen (secondary N) is 1. The summed E-state index contributed by atoms with van der Waals surface area (Å²) in [5, 5.41) is 2.94. The van der Waals surface area contributed by atoms with E-state index < -0.39 is 0 Å². The van der Waals surface area contributed by atoms with E-state index in [0.717, 1.165) is 23.1 Å². The second-order valence-electron chi connectivity index (χ2n) is 5.83. The Morgan fingerprint density at radius 3 is 2.80 bits per heavy atom. The molecule has 0 aliphatic carbocycles. The average Bonchev–Trinajstić information content (AvgIpc) is 2.67. The van der Waals surface area contributed by atoms with E-state index in [2.05, 4.69) is 15.3 Å². The number of carbonyl (C=O) groups is 2. The van der Waals surface area contributed by atoms with E-state index in [0.29, 0.717) is 31.6 Å². The van der Waals surface area contributed by atoms with Crippen LogP contribution in [0.25, 0.3) is 0 Å². The molecule has 3 heterocycles. The van der Waals surface area contributed by atoms with Crippen LogP contribution in [0.1, 0.15) is 27.0 Å². The first kappa shape index (κ1) is 16.9. The second-order valence-corrected chi connectivity index (χ2v) is 5.83. The molecule has 7 nitrogen and oxygen atoms in total. The summed E-state index contributed by atoms with van der Waals surface area (Å²) >= 11 is 0. The van der Waals surface area contributed by atoms with Gasteiger partial charge in [0.15, 0.2) is 0 Å². The molecule has 130 valence electrons. The normalized spacial score (nSPS) is 13.1. The molecule has 0 radical (unpaired) electrons. The van der Waals surface area contributed by atoms with Crippen LogP contribution in [0.15, 0.2) is 36.9 Å². The summed E-state index contributed by atoms with van der Waals surface area (Å²) in [7, 11) is 1.36. The van der Waals surface area contributed by atoms with Crippen LogP contribution in [0.5, 0.6) is 0 Å². The summed E-state index contributed by atoms with van der Waals surface area (Å²) in [5.41, 5.74) is 3.55. The SMILES string of the molecule is COC(=O)N1CCc2c(cncc2C(=O)NCCc2ccncc2)C1. The number of fused-ring (bicyclic) bond motifs is 1. The van der Waals surface area contributed by atoms with E-state index in [1.54, 1.807) is 29.7 Å². The van der Waals surface area contributed by atoms with E-state index in [1.807, 2.05) is 12.1 Å². The Hall–Kier alpha value is -2.96. The topological polar surface area (TPSA) is 84.4 Å². The van der Waals surface area contributed by atoms with Crippen LogP contribution in [-0.4, -0.2) is 47.1 Å². The van der Waals surface area contributed by atoms with E-state index in [1.165, 1.54) is 7.11 Å². The highest BCUT2D eigenvalue weighted by Crippen LogP contribution is 2.22. The number of nitrogens with zero attached hydrogens (tertiary/aromatic N) is 3. The van der Waals surface area contributed by atoms with Gasteiger partial charge in [-0.2, -0.15) is 0 Å². The maximum atomic E-state index is 12.5. The molecule has 1 aliphatic heterocycles. The number of rotatable bonds is 4. The van der Waals surface area contributed by atoms with Gasteiger partial charge in [-0.05, 0) is 41.7 Å². The zero-order chi connectivity index (χ0) is 17.6. The molecule has 3 rings (SSSR count). The van der Waals surface area contributed by atoms with Crippen LogP contribution in [0.4, 0.5) is 4.79 Å². The van der Waals surface area contributed by atoms with E-state index in [9.17, 15) is 9.59 Å². The molecule has 0 unspecified atom stereocenters. The van der Waals surface area contributed by atoms with Crippen molar-refractivity contribution < 1.29 is 14.3 Å². The fraction of sp³-hybridized carbons (Fsp3) is 0.333. The van der Waals surface area contributed by atoms with Crippen molar-refractivity contribution in [3.8, 4) is 0 Å². The Bertz CT molecular complexity index is 764. The summed E-state index contributed by atoms with van der Waals surface area (Å²) in [4.78, 5) is 33.9. The van der Waals surface area contributed by atoms with Crippen molar-refractivity contribution in [2.75, 3.05) is 20.2 Å². The molecule has 0 saturated carbocycles. The summed E-state index contributed by atoms with van der Waals surface area (Å²) in [6.45, 7) is 1.48. The summed E-state index contributed by atoms with van der Waals surface area (Å²) in [6.07, 6.45) is 7.76. The number of hydrogen-bond acceptors (Lipinski definition) is 5. The third-order valence-electron chi connectivity index (χ3n) is 4.27. The summed E-state index contributed by atoms with van der Waals surface area (Å²) < 4.78 is 4.76. The van der Waals surface area contributed by atoms with Crippen molar-refractivity contribution in [2.24, 2.45) is 0 Å². The molecule has 2 aromatic heterocycles. The van der Waals surface area contributed by atoms with Gasteiger partial charge in [-0.25, -0.2) is 4.79 Å². The molecule has 0 atom stereocenters. The monoisotopic (exact) mass is 340 g/mol. The number of pyridine rings is 2. The van der Waals surface area contributed by atoms with Crippen LogP contribution in [0.2, 0.25) is 0 Å². The van der Waals surface area contributed by atoms with Gasteiger partial charge in [-0.15, -0.1) is 0 Å². The Labute approximate surface area is 146 Å². The lowest BCUT2D eigenvalue weighted by molar-refractivity contribution is 0.0951. The largest absolute Gasteiger partial charge is 0.453 e. The smallest absolute Gasteiger partial charge is 0.409 e. The summed E-state index contributed by atoms with van der Waals surface area (Å²) in [5.74, 6) is -0.134. The maximum absolute atomic E-state index is 12.5. The first-order valence-electron chi connectivity index (χ1n) is 8.15. The van der Waals surface area contributed by atoms with Crippen molar-refractivity contribution in [3.05, 3.63) is 59.2 Å². The van der Waals surface area contributed by atoms with Crippen LogP contribution in [-0.2, 0) is 24.1 Å². The lowest BCUT2D eigenvalue weighted by Crippen LogP contribution is -2.37. The fourth-order valence-electron chi connectivity index (χ4n) is 2.94. The highest BCUT2D eigenvalue weighted by atomic mass is 16.5. The molecular formula is C18H20N4O3. The minimum Gasteiger partial charge on any atom is -0.453 e. The van der Waals surface area contributed by atoms with Crippen molar-refractivity contribution in [2.45, 2.75) is 19.4 Å². The Kier molecular flexibility index (Phi) is 5.23. The van der Waals surface area contributed by atoms with E-state index in [4.69, 9.17) is 4.74 Å². The molecule has 0 fully saturated rings. The Morgan fingerprint density at radius 1 is 1.24 bits per heavy atom. The molecule has 2 amide bonds.